The van der Waals surface area contributed by atoms with Crippen molar-refractivity contribution in [3.05, 3.63) is 77.4 Å². The molecule has 0 atom stereocenters. The first-order chi connectivity index (χ1) is 8.74. The Labute approximate surface area is 125 Å². The second-order valence-corrected chi connectivity index (χ2v) is 5.27. The number of alkyl halides is 2. The maximum Gasteiger partial charge on any atom is 0.0283 e. The van der Waals surface area contributed by atoms with Gasteiger partial charge in [-0.2, -0.15) is 0 Å². The van der Waals surface area contributed by atoms with Crippen LogP contribution in [0.25, 0.3) is 5.57 Å². The van der Waals surface area contributed by atoms with Gasteiger partial charge in [-0.1, -0.05) is 87.0 Å². The van der Waals surface area contributed by atoms with Gasteiger partial charge in [-0.3, -0.25) is 0 Å². The van der Waals surface area contributed by atoms with E-state index in [2.05, 4.69) is 87.0 Å². The molecule has 0 fully saturated rings. The Hall–Kier alpha value is -0.860. The third-order valence-electron chi connectivity index (χ3n) is 2.86. The molecule has 2 rings (SSSR count). The van der Waals surface area contributed by atoms with Crippen LogP contribution in [0, 0.1) is 0 Å². The lowest BCUT2D eigenvalue weighted by atomic mass is 9.97. The van der Waals surface area contributed by atoms with Gasteiger partial charge in [-0.25, -0.2) is 0 Å². The highest BCUT2D eigenvalue weighted by atomic mass is 79.9. The number of halogens is 2. The molecule has 2 heteroatoms. The summed E-state index contributed by atoms with van der Waals surface area (Å²) >= 11 is 6.97. The summed E-state index contributed by atoms with van der Waals surface area (Å²) in [7, 11) is 0. The monoisotopic (exact) mass is 364 g/mol. The van der Waals surface area contributed by atoms with Crippen molar-refractivity contribution in [1.29, 1.82) is 0 Å². The predicted octanol–water partition coefficient (Wildman–Crippen LogP) is 5.54. The van der Waals surface area contributed by atoms with E-state index in [4.69, 9.17) is 0 Å². The number of benzene rings is 2. The summed E-state index contributed by atoms with van der Waals surface area (Å²) in [6.07, 6.45) is 0. The maximum atomic E-state index is 4.22. The van der Waals surface area contributed by atoms with Crippen LogP contribution in [0.1, 0.15) is 22.3 Å². The van der Waals surface area contributed by atoms with E-state index in [1.54, 1.807) is 0 Å². The maximum absolute atomic E-state index is 4.22. The number of rotatable bonds is 4. The lowest BCUT2D eigenvalue weighted by Crippen LogP contribution is -1.89. The SMILES string of the molecule is C=C(c1cccc(CBr)c1)c1cccc(CBr)c1. The second kappa shape index (κ2) is 6.35. The van der Waals surface area contributed by atoms with Crippen LogP contribution in [0.3, 0.4) is 0 Å². The van der Waals surface area contributed by atoms with Crippen LogP contribution in [0.15, 0.2) is 55.1 Å². The fourth-order valence-corrected chi connectivity index (χ4v) is 2.55. The zero-order chi connectivity index (χ0) is 13.0. The molecule has 0 unspecified atom stereocenters. The van der Waals surface area contributed by atoms with E-state index in [1.165, 1.54) is 22.3 Å². The molecular weight excluding hydrogens is 352 g/mol. The van der Waals surface area contributed by atoms with Crippen molar-refractivity contribution in [1.82, 2.24) is 0 Å². The van der Waals surface area contributed by atoms with Crippen molar-refractivity contribution >= 4 is 37.4 Å². The summed E-state index contributed by atoms with van der Waals surface area (Å²) in [5.74, 6) is 0. The average molecular weight is 366 g/mol. The van der Waals surface area contributed by atoms with Gasteiger partial charge in [-0.15, -0.1) is 0 Å². The lowest BCUT2D eigenvalue weighted by molar-refractivity contribution is 1.39. The van der Waals surface area contributed by atoms with E-state index in [1.807, 2.05) is 0 Å². The van der Waals surface area contributed by atoms with Crippen molar-refractivity contribution in [2.45, 2.75) is 10.7 Å². The third-order valence-corrected chi connectivity index (χ3v) is 4.15. The molecule has 0 radical (unpaired) electrons. The fraction of sp³-hybridized carbons (Fsp3) is 0.125. The van der Waals surface area contributed by atoms with Crippen LogP contribution in [0.2, 0.25) is 0 Å². The molecule has 0 heterocycles. The Bertz CT molecular complexity index is 509. The largest absolute Gasteiger partial charge is 0.0906 e. The molecule has 0 nitrogen and oxygen atoms in total. The smallest absolute Gasteiger partial charge is 0.0283 e. The predicted molar refractivity (Wildman–Crippen MR) is 86.3 cm³/mol. The van der Waals surface area contributed by atoms with E-state index in [9.17, 15) is 0 Å². The molecule has 0 aromatic heterocycles. The van der Waals surface area contributed by atoms with Crippen molar-refractivity contribution in [3.8, 4) is 0 Å². The Kier molecular flexibility index (Phi) is 4.79. The molecule has 0 N–H and O–H groups in total. The Balaban J connectivity index is 2.34. The highest BCUT2D eigenvalue weighted by molar-refractivity contribution is 9.08. The topological polar surface area (TPSA) is 0 Å². The molecule has 0 amide bonds. The Morgan fingerprint density at radius 2 is 1.28 bits per heavy atom. The van der Waals surface area contributed by atoms with Crippen LogP contribution >= 0.6 is 31.9 Å². The van der Waals surface area contributed by atoms with E-state index >= 15 is 0 Å². The summed E-state index contributed by atoms with van der Waals surface area (Å²) in [6, 6.07) is 16.9. The highest BCUT2D eigenvalue weighted by Gasteiger charge is 2.04. The first-order valence-corrected chi connectivity index (χ1v) is 7.98. The minimum Gasteiger partial charge on any atom is -0.0906 e. The van der Waals surface area contributed by atoms with Gasteiger partial charge in [0.2, 0.25) is 0 Å². The molecule has 0 aliphatic heterocycles. The molecule has 2 aromatic rings. The van der Waals surface area contributed by atoms with Gasteiger partial charge in [0.1, 0.15) is 0 Å². The second-order valence-electron chi connectivity index (χ2n) is 4.15. The van der Waals surface area contributed by atoms with Gasteiger partial charge in [0.25, 0.3) is 0 Å². The molecule has 0 spiro atoms. The Morgan fingerprint density at radius 1 is 0.833 bits per heavy atom. The molecule has 18 heavy (non-hydrogen) atoms. The first kappa shape index (κ1) is 13.6. The van der Waals surface area contributed by atoms with E-state index in [0.29, 0.717) is 0 Å². The van der Waals surface area contributed by atoms with E-state index in [-0.39, 0.29) is 0 Å². The van der Waals surface area contributed by atoms with Gasteiger partial charge in [0, 0.05) is 10.7 Å². The molecule has 92 valence electrons. The van der Waals surface area contributed by atoms with Crippen LogP contribution in [0.4, 0.5) is 0 Å². The van der Waals surface area contributed by atoms with Gasteiger partial charge < -0.3 is 0 Å². The normalized spacial score (nSPS) is 10.3. The quantitative estimate of drug-likeness (QED) is 0.624. The first-order valence-electron chi connectivity index (χ1n) is 5.74. The number of hydrogen-bond acceptors (Lipinski definition) is 0. The van der Waals surface area contributed by atoms with E-state index in [0.717, 1.165) is 16.2 Å². The zero-order valence-corrected chi connectivity index (χ0v) is 13.2. The standard InChI is InChI=1S/C16H14Br2/c1-12(15-6-2-4-13(8-15)10-17)16-7-3-5-14(9-16)11-18/h2-9H,1,10-11H2. The summed E-state index contributed by atoms with van der Waals surface area (Å²) in [6.45, 7) is 4.22. The van der Waals surface area contributed by atoms with Gasteiger partial charge in [-0.05, 0) is 27.8 Å². The molecule has 2 aromatic carbocycles. The van der Waals surface area contributed by atoms with Crippen molar-refractivity contribution < 1.29 is 0 Å². The van der Waals surface area contributed by atoms with Crippen LogP contribution in [-0.4, -0.2) is 0 Å². The summed E-state index contributed by atoms with van der Waals surface area (Å²) in [4.78, 5) is 0. The van der Waals surface area contributed by atoms with Crippen LogP contribution in [-0.2, 0) is 10.7 Å². The minimum absolute atomic E-state index is 0.871. The van der Waals surface area contributed by atoms with Crippen molar-refractivity contribution in [2.24, 2.45) is 0 Å². The molecule has 0 aliphatic carbocycles. The molecule has 0 aliphatic rings. The molecule has 0 saturated carbocycles. The lowest BCUT2D eigenvalue weighted by Gasteiger charge is -2.09. The third kappa shape index (κ3) is 3.12. The van der Waals surface area contributed by atoms with Gasteiger partial charge >= 0.3 is 0 Å². The average Bonchev–Trinajstić information content (AvgIpc) is 2.46. The fourth-order valence-electron chi connectivity index (χ4n) is 1.85. The van der Waals surface area contributed by atoms with Crippen molar-refractivity contribution in [3.63, 3.8) is 0 Å². The summed E-state index contributed by atoms with van der Waals surface area (Å²) in [5.41, 5.74) is 5.97. The molecule has 0 bridgehead atoms. The van der Waals surface area contributed by atoms with Crippen molar-refractivity contribution in [2.75, 3.05) is 0 Å². The van der Waals surface area contributed by atoms with E-state index < -0.39 is 0 Å². The molecule has 0 saturated heterocycles. The Morgan fingerprint density at radius 3 is 1.67 bits per heavy atom. The minimum atomic E-state index is 0.871. The summed E-state index contributed by atoms with van der Waals surface area (Å²) in [5, 5.41) is 1.74. The van der Waals surface area contributed by atoms with Crippen LogP contribution in [0.5, 0.6) is 0 Å². The molecular formula is C16H14Br2. The van der Waals surface area contributed by atoms with Crippen LogP contribution < -0.4 is 0 Å². The highest BCUT2D eigenvalue weighted by Crippen LogP contribution is 2.24. The van der Waals surface area contributed by atoms with Gasteiger partial charge in [0.05, 0.1) is 0 Å². The van der Waals surface area contributed by atoms with Gasteiger partial charge in [0.15, 0.2) is 0 Å². The number of hydrogen-bond donors (Lipinski definition) is 0. The zero-order valence-electron chi connectivity index (χ0n) is 10.00. The summed E-state index contributed by atoms with van der Waals surface area (Å²) < 4.78 is 0.